The van der Waals surface area contributed by atoms with Gasteiger partial charge in [-0.25, -0.2) is 9.97 Å². The zero-order chi connectivity index (χ0) is 13.7. The summed E-state index contributed by atoms with van der Waals surface area (Å²) in [5, 5.41) is 3.89. The predicted octanol–water partition coefficient (Wildman–Crippen LogP) is 3.36. The molecule has 0 saturated heterocycles. The summed E-state index contributed by atoms with van der Waals surface area (Å²) in [6.45, 7) is 5.70. The van der Waals surface area contributed by atoms with Crippen molar-refractivity contribution < 1.29 is 0 Å². The fourth-order valence-corrected chi connectivity index (χ4v) is 2.14. The first-order chi connectivity index (χ1) is 9.24. The van der Waals surface area contributed by atoms with E-state index in [1.165, 1.54) is 0 Å². The number of nitrogens with one attached hydrogen (secondary N) is 1. The van der Waals surface area contributed by atoms with Crippen LogP contribution in [0.2, 0.25) is 5.02 Å². The van der Waals surface area contributed by atoms with Crippen LogP contribution >= 0.6 is 11.6 Å². The first-order valence-corrected chi connectivity index (χ1v) is 7.01. The summed E-state index contributed by atoms with van der Waals surface area (Å²) >= 11 is 6.22. The molecule has 0 amide bonds. The van der Waals surface area contributed by atoms with Gasteiger partial charge in [0.2, 0.25) is 0 Å². The number of hydrogen-bond donors (Lipinski definition) is 1. The van der Waals surface area contributed by atoms with Crippen molar-refractivity contribution in [2.24, 2.45) is 0 Å². The molecule has 0 aliphatic rings. The van der Waals surface area contributed by atoms with Crippen molar-refractivity contribution in [2.45, 2.75) is 33.2 Å². The number of hydrogen-bond acceptors (Lipinski definition) is 3. The van der Waals surface area contributed by atoms with Crippen LogP contribution in [0.5, 0.6) is 0 Å². The third kappa shape index (κ3) is 3.47. The van der Waals surface area contributed by atoms with Gasteiger partial charge in [0.25, 0.3) is 0 Å². The third-order valence-corrected chi connectivity index (χ3v) is 3.22. The van der Waals surface area contributed by atoms with Crippen LogP contribution in [-0.4, -0.2) is 21.1 Å². The van der Waals surface area contributed by atoms with Gasteiger partial charge in [-0.2, -0.15) is 0 Å². The van der Waals surface area contributed by atoms with Crippen LogP contribution < -0.4 is 5.32 Å². The van der Waals surface area contributed by atoms with E-state index in [4.69, 9.17) is 11.6 Å². The normalized spacial score (nSPS) is 10.7. The second kappa shape index (κ2) is 6.57. The molecule has 0 unspecified atom stereocenters. The molecular formula is C14H19ClN4. The Morgan fingerprint density at radius 3 is 2.89 bits per heavy atom. The first-order valence-electron chi connectivity index (χ1n) is 6.63. The average Bonchev–Trinajstić information content (AvgIpc) is 2.82. The molecule has 2 aromatic heterocycles. The van der Waals surface area contributed by atoms with E-state index in [2.05, 4.69) is 26.8 Å². The number of imidazole rings is 1. The van der Waals surface area contributed by atoms with Gasteiger partial charge in [-0.05, 0) is 25.5 Å². The van der Waals surface area contributed by atoms with Crippen molar-refractivity contribution in [1.29, 1.82) is 0 Å². The number of nitrogens with zero attached hydrogens (tertiary/aromatic N) is 3. The van der Waals surface area contributed by atoms with Crippen LogP contribution in [0.3, 0.4) is 0 Å². The Hall–Kier alpha value is -1.55. The second-order valence-corrected chi connectivity index (χ2v) is 4.78. The highest BCUT2D eigenvalue weighted by Crippen LogP contribution is 2.18. The van der Waals surface area contributed by atoms with Gasteiger partial charge in [0.05, 0.1) is 17.3 Å². The number of pyridine rings is 1. The number of halogens is 1. The van der Waals surface area contributed by atoms with Crippen LogP contribution in [0.15, 0.2) is 24.5 Å². The van der Waals surface area contributed by atoms with E-state index in [9.17, 15) is 0 Å². The van der Waals surface area contributed by atoms with E-state index in [1.807, 2.05) is 31.5 Å². The Kier molecular flexibility index (Phi) is 4.80. The van der Waals surface area contributed by atoms with Gasteiger partial charge in [0.1, 0.15) is 11.6 Å². The van der Waals surface area contributed by atoms with Gasteiger partial charge >= 0.3 is 0 Å². The van der Waals surface area contributed by atoms with E-state index in [0.29, 0.717) is 11.6 Å². The molecule has 102 valence electrons. The van der Waals surface area contributed by atoms with Crippen molar-refractivity contribution in [1.82, 2.24) is 14.5 Å². The minimum Gasteiger partial charge on any atom is -0.370 e. The lowest BCUT2D eigenvalue weighted by Crippen LogP contribution is -2.08. The molecule has 0 spiro atoms. The maximum Gasteiger partial charge on any atom is 0.126 e. The van der Waals surface area contributed by atoms with Crippen LogP contribution in [0.1, 0.15) is 31.8 Å². The third-order valence-electron chi connectivity index (χ3n) is 2.87. The quantitative estimate of drug-likeness (QED) is 0.881. The largest absolute Gasteiger partial charge is 0.370 e. The maximum atomic E-state index is 6.22. The molecule has 0 aliphatic carbocycles. The van der Waals surface area contributed by atoms with E-state index in [0.717, 1.165) is 36.7 Å². The van der Waals surface area contributed by atoms with Crippen molar-refractivity contribution in [2.75, 3.05) is 11.9 Å². The van der Waals surface area contributed by atoms with Gasteiger partial charge in [-0.3, -0.25) is 0 Å². The number of anilines is 1. The molecule has 2 heterocycles. The summed E-state index contributed by atoms with van der Waals surface area (Å²) in [5.41, 5.74) is 0.871. The van der Waals surface area contributed by atoms with Gasteiger partial charge in [0, 0.05) is 25.4 Å². The summed E-state index contributed by atoms with van der Waals surface area (Å²) in [4.78, 5) is 8.91. The van der Waals surface area contributed by atoms with Gasteiger partial charge in [-0.15, -0.1) is 0 Å². The highest BCUT2D eigenvalue weighted by atomic mass is 35.5. The molecule has 19 heavy (non-hydrogen) atoms. The summed E-state index contributed by atoms with van der Waals surface area (Å²) < 4.78 is 2.10. The Balaban J connectivity index is 2.21. The van der Waals surface area contributed by atoms with Gasteiger partial charge < -0.3 is 9.88 Å². The Bertz CT molecular complexity index is 536. The van der Waals surface area contributed by atoms with Crippen molar-refractivity contribution >= 4 is 17.4 Å². The van der Waals surface area contributed by atoms with E-state index in [1.54, 1.807) is 0 Å². The Morgan fingerprint density at radius 2 is 2.16 bits per heavy atom. The molecule has 1 N–H and O–H groups in total. The molecule has 0 aliphatic heterocycles. The van der Waals surface area contributed by atoms with Gasteiger partial charge in [-0.1, -0.05) is 18.5 Å². The summed E-state index contributed by atoms with van der Waals surface area (Å²) in [5.74, 6) is 1.94. The van der Waals surface area contributed by atoms with Crippen LogP contribution in [0.25, 0.3) is 0 Å². The molecule has 0 radical (unpaired) electrons. The number of rotatable bonds is 6. The standard InChI is InChI=1S/C14H19ClN4/c1-3-5-14-17-8-9-19(14)10-12-11(15)6-7-13(18-12)16-4-2/h6-9H,3-5,10H2,1-2H3,(H,16,18). The molecule has 0 fully saturated rings. The molecule has 2 rings (SSSR count). The Labute approximate surface area is 118 Å². The molecule has 0 aromatic carbocycles. The van der Waals surface area contributed by atoms with Crippen molar-refractivity contribution in [3.63, 3.8) is 0 Å². The SMILES string of the molecule is CCCc1nccn1Cc1nc(NCC)ccc1Cl. The minimum atomic E-state index is 0.660. The van der Waals surface area contributed by atoms with Crippen molar-refractivity contribution in [3.8, 4) is 0 Å². The smallest absolute Gasteiger partial charge is 0.126 e. The average molecular weight is 279 g/mol. The van der Waals surface area contributed by atoms with E-state index < -0.39 is 0 Å². The molecule has 0 atom stereocenters. The summed E-state index contributed by atoms with van der Waals surface area (Å²) in [6.07, 6.45) is 5.85. The second-order valence-electron chi connectivity index (χ2n) is 4.38. The molecule has 0 saturated carbocycles. The molecule has 5 heteroatoms. The minimum absolute atomic E-state index is 0.660. The lowest BCUT2D eigenvalue weighted by atomic mass is 10.3. The molecule has 0 bridgehead atoms. The number of aryl methyl sites for hydroxylation is 1. The summed E-state index contributed by atoms with van der Waals surface area (Å²) in [6, 6.07) is 3.79. The Morgan fingerprint density at radius 1 is 1.32 bits per heavy atom. The fourth-order valence-electron chi connectivity index (χ4n) is 1.97. The monoisotopic (exact) mass is 278 g/mol. The molecule has 4 nitrogen and oxygen atoms in total. The van der Waals surface area contributed by atoms with Crippen LogP contribution in [-0.2, 0) is 13.0 Å². The summed E-state index contributed by atoms with van der Waals surface area (Å²) in [7, 11) is 0. The lowest BCUT2D eigenvalue weighted by Gasteiger charge is -2.10. The van der Waals surface area contributed by atoms with Crippen molar-refractivity contribution in [3.05, 3.63) is 41.1 Å². The van der Waals surface area contributed by atoms with Crippen LogP contribution in [0.4, 0.5) is 5.82 Å². The zero-order valence-corrected chi connectivity index (χ0v) is 12.1. The predicted molar refractivity (Wildman–Crippen MR) is 78.7 cm³/mol. The molecule has 2 aromatic rings. The topological polar surface area (TPSA) is 42.7 Å². The fraction of sp³-hybridized carbons (Fsp3) is 0.429. The van der Waals surface area contributed by atoms with Gasteiger partial charge in [0.15, 0.2) is 0 Å². The van der Waals surface area contributed by atoms with E-state index >= 15 is 0 Å². The molecular weight excluding hydrogens is 260 g/mol. The highest BCUT2D eigenvalue weighted by molar-refractivity contribution is 6.31. The lowest BCUT2D eigenvalue weighted by molar-refractivity contribution is 0.694. The zero-order valence-electron chi connectivity index (χ0n) is 11.4. The number of aromatic nitrogens is 3. The highest BCUT2D eigenvalue weighted by Gasteiger charge is 2.08. The van der Waals surface area contributed by atoms with E-state index in [-0.39, 0.29) is 0 Å². The maximum absolute atomic E-state index is 6.22. The first kappa shape index (κ1) is 13.9. The van der Waals surface area contributed by atoms with Crippen LogP contribution in [0, 0.1) is 0 Å².